The summed E-state index contributed by atoms with van der Waals surface area (Å²) < 4.78 is 8.22. The topological polar surface area (TPSA) is 94.8 Å². The molecule has 0 spiro atoms. The molecule has 5 nitrogen and oxygen atoms in total. The highest BCUT2D eigenvalue weighted by molar-refractivity contribution is 7.95. The van der Waals surface area contributed by atoms with Crippen LogP contribution < -0.4 is 0 Å². The smallest absolute Gasteiger partial charge is 0.319 e. The summed E-state index contributed by atoms with van der Waals surface area (Å²) in [6.45, 7) is 0. The van der Waals surface area contributed by atoms with E-state index in [0.29, 0.717) is 0 Å². The van der Waals surface area contributed by atoms with Crippen LogP contribution in [0.4, 0.5) is 0 Å². The molecular formula is C4H6O5S. The van der Waals surface area contributed by atoms with Crippen LogP contribution in [0.25, 0.3) is 0 Å². The zero-order valence-electron chi connectivity index (χ0n) is 4.85. The first-order valence-electron chi connectivity index (χ1n) is 2.32. The third kappa shape index (κ3) is 3.31. The van der Waals surface area contributed by atoms with Crippen molar-refractivity contribution >= 4 is 24.0 Å². The SMILES string of the molecule is O=C(O)CC(SO)C(=O)O. The van der Waals surface area contributed by atoms with Gasteiger partial charge in [0.25, 0.3) is 0 Å². The Labute approximate surface area is 60.9 Å². The van der Waals surface area contributed by atoms with Gasteiger partial charge in [-0.2, -0.15) is 0 Å². The predicted molar refractivity (Wildman–Crippen MR) is 33.9 cm³/mol. The normalized spacial score (nSPS) is 12.5. The Hall–Kier alpha value is -0.750. The fourth-order valence-electron chi connectivity index (χ4n) is 0.328. The molecule has 0 aromatic rings. The van der Waals surface area contributed by atoms with E-state index >= 15 is 0 Å². The summed E-state index contributed by atoms with van der Waals surface area (Å²) in [7, 11) is 0. The molecule has 58 valence electrons. The molecule has 0 aliphatic heterocycles. The fraction of sp³-hybridized carbons (Fsp3) is 0.500. The number of hydrogen-bond donors (Lipinski definition) is 3. The van der Waals surface area contributed by atoms with Crippen LogP contribution in [0.2, 0.25) is 0 Å². The zero-order valence-corrected chi connectivity index (χ0v) is 5.67. The Morgan fingerprint density at radius 1 is 1.40 bits per heavy atom. The lowest BCUT2D eigenvalue weighted by molar-refractivity contribution is -0.143. The molecule has 3 N–H and O–H groups in total. The molecule has 0 saturated carbocycles. The van der Waals surface area contributed by atoms with E-state index in [1.807, 2.05) is 0 Å². The predicted octanol–water partition coefficient (Wildman–Crippen LogP) is 0.120. The van der Waals surface area contributed by atoms with Crippen molar-refractivity contribution in [2.24, 2.45) is 0 Å². The summed E-state index contributed by atoms with van der Waals surface area (Å²) in [5.41, 5.74) is 0. The van der Waals surface area contributed by atoms with Gasteiger partial charge in [-0.15, -0.1) is 0 Å². The standard InChI is InChI=1S/C4H6O5S/c5-3(6)1-2(10-9)4(7)8/h2,9H,1H2,(H,5,6)(H,7,8). The lowest BCUT2D eigenvalue weighted by atomic mass is 10.3. The zero-order chi connectivity index (χ0) is 8.15. The minimum Gasteiger partial charge on any atom is -0.481 e. The largest absolute Gasteiger partial charge is 0.481 e. The van der Waals surface area contributed by atoms with Crippen LogP contribution in [-0.4, -0.2) is 32.0 Å². The van der Waals surface area contributed by atoms with Crippen LogP contribution in [0.5, 0.6) is 0 Å². The first kappa shape index (κ1) is 9.25. The van der Waals surface area contributed by atoms with E-state index in [0.717, 1.165) is 0 Å². The minimum atomic E-state index is -1.32. The molecule has 6 heteroatoms. The van der Waals surface area contributed by atoms with Crippen molar-refractivity contribution in [3.8, 4) is 0 Å². The highest BCUT2D eigenvalue weighted by Gasteiger charge is 2.20. The molecule has 0 fully saturated rings. The van der Waals surface area contributed by atoms with E-state index in [-0.39, 0.29) is 12.0 Å². The Morgan fingerprint density at radius 3 is 2.00 bits per heavy atom. The van der Waals surface area contributed by atoms with Crippen molar-refractivity contribution in [3.05, 3.63) is 0 Å². The van der Waals surface area contributed by atoms with Gasteiger partial charge < -0.3 is 14.8 Å². The minimum absolute atomic E-state index is 0.0260. The molecule has 0 aromatic carbocycles. The van der Waals surface area contributed by atoms with Gasteiger partial charge in [0.1, 0.15) is 5.25 Å². The van der Waals surface area contributed by atoms with Crippen molar-refractivity contribution in [2.45, 2.75) is 11.7 Å². The molecule has 0 amide bonds. The van der Waals surface area contributed by atoms with Crippen LogP contribution in [-0.2, 0) is 9.59 Å². The van der Waals surface area contributed by atoms with Crippen LogP contribution in [0, 0.1) is 0 Å². The van der Waals surface area contributed by atoms with Crippen molar-refractivity contribution in [1.29, 1.82) is 0 Å². The van der Waals surface area contributed by atoms with Gasteiger partial charge in [-0.25, -0.2) is 0 Å². The molecule has 0 aliphatic carbocycles. The Balaban J connectivity index is 3.83. The summed E-state index contributed by atoms with van der Waals surface area (Å²) in [5, 5.41) is 15.0. The molecule has 0 bridgehead atoms. The van der Waals surface area contributed by atoms with Crippen molar-refractivity contribution in [2.75, 3.05) is 0 Å². The Morgan fingerprint density at radius 2 is 1.90 bits per heavy atom. The maximum absolute atomic E-state index is 10.0. The molecule has 0 heterocycles. The van der Waals surface area contributed by atoms with Gasteiger partial charge in [0, 0.05) is 12.0 Å². The number of carboxylic acids is 2. The van der Waals surface area contributed by atoms with Crippen LogP contribution in [0.1, 0.15) is 6.42 Å². The Kier molecular flexibility index (Phi) is 3.82. The Bertz CT molecular complexity index is 145. The molecule has 1 atom stereocenters. The number of carboxylic acid groups (broad SMARTS) is 2. The molecular weight excluding hydrogens is 160 g/mol. The monoisotopic (exact) mass is 166 g/mol. The summed E-state index contributed by atoms with van der Waals surface area (Å²) in [4.78, 5) is 19.9. The second-order valence-electron chi connectivity index (χ2n) is 1.53. The number of aliphatic carboxylic acids is 2. The number of carbonyl (C=O) groups is 2. The summed E-state index contributed by atoms with van der Waals surface area (Å²) in [6, 6.07) is 0. The first-order chi connectivity index (χ1) is 4.57. The van der Waals surface area contributed by atoms with Gasteiger partial charge in [-0.1, -0.05) is 0 Å². The third-order valence-corrected chi connectivity index (χ3v) is 1.39. The van der Waals surface area contributed by atoms with Crippen LogP contribution >= 0.6 is 12.0 Å². The van der Waals surface area contributed by atoms with E-state index in [4.69, 9.17) is 14.8 Å². The van der Waals surface area contributed by atoms with Crippen molar-refractivity contribution in [1.82, 2.24) is 0 Å². The van der Waals surface area contributed by atoms with Crippen molar-refractivity contribution < 1.29 is 24.4 Å². The number of rotatable bonds is 4. The highest BCUT2D eigenvalue weighted by atomic mass is 32.2. The molecule has 0 aromatic heterocycles. The maximum Gasteiger partial charge on any atom is 0.319 e. The molecule has 0 radical (unpaired) electrons. The lowest BCUT2D eigenvalue weighted by Crippen LogP contribution is -2.19. The summed E-state index contributed by atoms with van der Waals surface area (Å²) in [6.07, 6.45) is -0.573. The average molecular weight is 166 g/mol. The maximum atomic E-state index is 10.0. The average Bonchev–Trinajstić information content (AvgIpc) is 1.81. The van der Waals surface area contributed by atoms with E-state index < -0.39 is 23.6 Å². The fourth-order valence-corrected chi connectivity index (χ4v) is 0.636. The van der Waals surface area contributed by atoms with E-state index in [1.165, 1.54) is 0 Å². The first-order valence-corrected chi connectivity index (χ1v) is 3.16. The second kappa shape index (κ2) is 4.13. The number of hydrogen-bond acceptors (Lipinski definition) is 4. The van der Waals surface area contributed by atoms with Gasteiger partial charge in [-0.05, 0) is 0 Å². The summed E-state index contributed by atoms with van der Waals surface area (Å²) >= 11 is 0.0260. The molecule has 0 aliphatic rings. The lowest BCUT2D eigenvalue weighted by Gasteiger charge is -2.01. The van der Waals surface area contributed by atoms with Gasteiger partial charge in [0.05, 0.1) is 6.42 Å². The van der Waals surface area contributed by atoms with Crippen molar-refractivity contribution in [3.63, 3.8) is 0 Å². The quantitative estimate of drug-likeness (QED) is 0.513. The van der Waals surface area contributed by atoms with Gasteiger partial charge in [-0.3, -0.25) is 9.59 Å². The highest BCUT2D eigenvalue weighted by Crippen LogP contribution is 2.09. The summed E-state index contributed by atoms with van der Waals surface area (Å²) in [5.74, 6) is -2.57. The molecule has 10 heavy (non-hydrogen) atoms. The van der Waals surface area contributed by atoms with E-state index in [2.05, 4.69) is 0 Å². The third-order valence-electron chi connectivity index (χ3n) is 0.763. The van der Waals surface area contributed by atoms with Gasteiger partial charge in [0.15, 0.2) is 0 Å². The molecule has 0 saturated heterocycles. The van der Waals surface area contributed by atoms with Gasteiger partial charge >= 0.3 is 11.9 Å². The van der Waals surface area contributed by atoms with E-state index in [1.54, 1.807) is 0 Å². The van der Waals surface area contributed by atoms with Crippen LogP contribution in [0.3, 0.4) is 0 Å². The molecule has 0 rings (SSSR count). The van der Waals surface area contributed by atoms with Crippen LogP contribution in [0.15, 0.2) is 0 Å². The van der Waals surface area contributed by atoms with Gasteiger partial charge in [0.2, 0.25) is 0 Å². The van der Waals surface area contributed by atoms with E-state index in [9.17, 15) is 9.59 Å². The molecule has 1 unspecified atom stereocenters. The second-order valence-corrected chi connectivity index (χ2v) is 2.31.